The van der Waals surface area contributed by atoms with E-state index < -0.39 is 7.14 Å². The van der Waals surface area contributed by atoms with E-state index in [-0.39, 0.29) is 0 Å². The van der Waals surface area contributed by atoms with Gasteiger partial charge in [0.15, 0.2) is 7.14 Å². The average molecular weight is 645 g/mol. The summed E-state index contributed by atoms with van der Waals surface area (Å²) in [6.45, 7) is 0. The molecule has 1 aliphatic rings. The molecule has 1 aliphatic heterocycles. The molecule has 10 rings (SSSR count). The quantitative estimate of drug-likeness (QED) is 0.179. The molecule has 0 bridgehead atoms. The molecule has 0 N–H and O–H groups in total. The van der Waals surface area contributed by atoms with Crippen LogP contribution in [0.5, 0.6) is 0 Å². The smallest absolute Gasteiger partial charge is 0.174 e. The molecule has 9 aromatic rings. The maximum atomic E-state index is 16.3. The molecular formula is C45H29N2OP. The molecule has 2 aromatic heterocycles. The van der Waals surface area contributed by atoms with Crippen LogP contribution in [0.3, 0.4) is 0 Å². The number of rotatable bonds is 4. The molecule has 4 heteroatoms. The molecule has 1 atom stereocenters. The molecule has 230 valence electrons. The van der Waals surface area contributed by atoms with Gasteiger partial charge in [-0.15, -0.1) is 0 Å². The van der Waals surface area contributed by atoms with Gasteiger partial charge >= 0.3 is 0 Å². The van der Waals surface area contributed by atoms with Gasteiger partial charge in [-0.3, -0.25) is 0 Å². The minimum Gasteiger partial charge on any atom is -0.309 e. The third-order valence-electron chi connectivity index (χ3n) is 9.97. The van der Waals surface area contributed by atoms with Crippen LogP contribution in [0.25, 0.3) is 71.9 Å². The maximum Gasteiger partial charge on any atom is 0.174 e. The van der Waals surface area contributed by atoms with Gasteiger partial charge in [0, 0.05) is 38.1 Å². The SMILES string of the molecule is O=P1(c2ccccc2)c2ccc3ccccc3c2-c2ccc3c4ccccc4n(-c4cc(-c5ccccc5)nc(-c5ccccc5)c4)c3c21. The van der Waals surface area contributed by atoms with Crippen LogP contribution in [0.15, 0.2) is 176 Å². The fourth-order valence-electron chi connectivity index (χ4n) is 7.82. The summed E-state index contributed by atoms with van der Waals surface area (Å²) in [6.07, 6.45) is 0. The first-order chi connectivity index (χ1) is 24.2. The second-order valence-corrected chi connectivity index (χ2v) is 15.3. The number of aromatic nitrogens is 2. The first-order valence-electron chi connectivity index (χ1n) is 16.6. The normalized spacial score (nSPS) is 15.1. The minimum atomic E-state index is -3.33. The van der Waals surface area contributed by atoms with Crippen LogP contribution in [-0.4, -0.2) is 9.55 Å². The highest BCUT2D eigenvalue weighted by atomic mass is 31.2. The van der Waals surface area contributed by atoms with Crippen LogP contribution in [0.1, 0.15) is 0 Å². The van der Waals surface area contributed by atoms with Crippen molar-refractivity contribution < 1.29 is 4.57 Å². The number of hydrogen-bond acceptors (Lipinski definition) is 2. The molecule has 3 nitrogen and oxygen atoms in total. The summed E-state index contributed by atoms with van der Waals surface area (Å²) in [4.78, 5) is 5.19. The third-order valence-corrected chi connectivity index (χ3v) is 13.1. The second-order valence-electron chi connectivity index (χ2n) is 12.7. The van der Waals surface area contributed by atoms with Gasteiger partial charge in [-0.1, -0.05) is 152 Å². The molecule has 0 fully saturated rings. The van der Waals surface area contributed by atoms with Crippen molar-refractivity contribution in [2.75, 3.05) is 0 Å². The van der Waals surface area contributed by atoms with Crippen molar-refractivity contribution in [1.82, 2.24) is 9.55 Å². The lowest BCUT2D eigenvalue weighted by Crippen LogP contribution is -2.22. The van der Waals surface area contributed by atoms with E-state index in [4.69, 9.17) is 4.98 Å². The summed E-state index contributed by atoms with van der Waals surface area (Å²) < 4.78 is 18.7. The van der Waals surface area contributed by atoms with E-state index in [9.17, 15) is 0 Å². The van der Waals surface area contributed by atoms with E-state index in [1.807, 2.05) is 42.5 Å². The van der Waals surface area contributed by atoms with E-state index in [0.29, 0.717) is 0 Å². The molecule has 0 saturated carbocycles. The topological polar surface area (TPSA) is 34.9 Å². The van der Waals surface area contributed by atoms with E-state index >= 15 is 4.57 Å². The molecule has 0 radical (unpaired) electrons. The zero-order valence-corrected chi connectivity index (χ0v) is 27.4. The van der Waals surface area contributed by atoms with Crippen LogP contribution in [0, 0.1) is 0 Å². The zero-order chi connectivity index (χ0) is 32.5. The molecule has 0 amide bonds. The first-order valence-corrected chi connectivity index (χ1v) is 18.3. The Kier molecular flexibility index (Phi) is 6.15. The fourth-order valence-corrected chi connectivity index (χ4v) is 11.1. The van der Waals surface area contributed by atoms with Crippen molar-refractivity contribution in [1.29, 1.82) is 0 Å². The zero-order valence-electron chi connectivity index (χ0n) is 26.5. The van der Waals surface area contributed by atoms with Gasteiger partial charge < -0.3 is 9.13 Å². The van der Waals surface area contributed by atoms with E-state index in [0.717, 1.165) is 87.8 Å². The van der Waals surface area contributed by atoms with Crippen molar-refractivity contribution in [3.05, 3.63) is 176 Å². The van der Waals surface area contributed by atoms with E-state index in [1.54, 1.807) is 0 Å². The Morgan fingerprint density at radius 3 is 1.80 bits per heavy atom. The van der Waals surface area contributed by atoms with Gasteiger partial charge in [0.2, 0.25) is 0 Å². The van der Waals surface area contributed by atoms with Gasteiger partial charge in [0.05, 0.1) is 33.4 Å². The molecule has 49 heavy (non-hydrogen) atoms. The Morgan fingerprint density at radius 2 is 1.10 bits per heavy atom. The third kappa shape index (κ3) is 4.10. The van der Waals surface area contributed by atoms with Crippen LogP contribution in [0.2, 0.25) is 0 Å². The lowest BCUT2D eigenvalue weighted by Gasteiger charge is -2.19. The van der Waals surface area contributed by atoms with E-state index in [1.165, 1.54) is 0 Å². The Labute approximate surface area is 284 Å². The fraction of sp³-hybridized carbons (Fsp3) is 0. The average Bonchev–Trinajstić information content (AvgIpc) is 3.66. The van der Waals surface area contributed by atoms with Crippen LogP contribution < -0.4 is 15.9 Å². The van der Waals surface area contributed by atoms with Crippen LogP contribution in [0.4, 0.5) is 0 Å². The predicted octanol–water partition coefficient (Wildman–Crippen LogP) is 10.3. The lowest BCUT2D eigenvalue weighted by atomic mass is 9.97. The summed E-state index contributed by atoms with van der Waals surface area (Å²) in [5.41, 5.74) is 8.99. The van der Waals surface area contributed by atoms with Crippen LogP contribution in [-0.2, 0) is 4.57 Å². The Balaban J connectivity index is 1.38. The second kappa shape index (κ2) is 10.8. The Morgan fingerprint density at radius 1 is 0.510 bits per heavy atom. The number of hydrogen-bond donors (Lipinski definition) is 0. The molecule has 7 aromatic carbocycles. The van der Waals surface area contributed by atoms with Gasteiger partial charge in [-0.2, -0.15) is 0 Å². The molecule has 1 unspecified atom stereocenters. The van der Waals surface area contributed by atoms with Crippen molar-refractivity contribution >= 4 is 55.6 Å². The van der Waals surface area contributed by atoms with Gasteiger partial charge in [-0.25, -0.2) is 4.98 Å². The van der Waals surface area contributed by atoms with Gasteiger partial charge in [0.1, 0.15) is 0 Å². The molecular weight excluding hydrogens is 615 g/mol. The Bertz CT molecular complexity index is 2730. The monoisotopic (exact) mass is 644 g/mol. The highest BCUT2D eigenvalue weighted by Crippen LogP contribution is 2.56. The summed E-state index contributed by atoms with van der Waals surface area (Å²) in [5.74, 6) is 0. The Hall–Kier alpha value is -6.02. The summed E-state index contributed by atoms with van der Waals surface area (Å²) in [6, 6.07) is 60.8. The highest BCUT2D eigenvalue weighted by molar-refractivity contribution is 7.86. The maximum absolute atomic E-state index is 16.3. The van der Waals surface area contributed by atoms with Gasteiger partial charge in [0.25, 0.3) is 0 Å². The predicted molar refractivity (Wildman–Crippen MR) is 205 cm³/mol. The summed E-state index contributed by atoms with van der Waals surface area (Å²) in [7, 11) is -3.33. The number of fused-ring (bicyclic) bond motifs is 9. The van der Waals surface area contributed by atoms with Crippen molar-refractivity contribution in [2.24, 2.45) is 0 Å². The summed E-state index contributed by atoms with van der Waals surface area (Å²) >= 11 is 0. The standard InChI is InChI=1S/C45H29N2OP/c48-49(34-19-8-3-9-20-34)42-27-24-30-14-10-11-21-35(30)43(42)38-26-25-37-36-22-12-13-23-41(36)47(44(37)45(38)49)33-28-39(31-15-4-1-5-16-31)46-40(29-33)32-17-6-2-7-18-32/h1-29H. The number of benzene rings is 7. The first kappa shape index (κ1) is 28.0. The van der Waals surface area contributed by atoms with Crippen LogP contribution >= 0.6 is 7.14 Å². The highest BCUT2D eigenvalue weighted by Gasteiger charge is 2.43. The minimum absolute atomic E-state index is 0.847. The number of pyridine rings is 1. The van der Waals surface area contributed by atoms with E-state index in [2.05, 4.69) is 138 Å². The molecule has 0 spiro atoms. The van der Waals surface area contributed by atoms with Crippen molar-refractivity contribution in [3.8, 4) is 39.3 Å². The van der Waals surface area contributed by atoms with Crippen molar-refractivity contribution in [2.45, 2.75) is 0 Å². The van der Waals surface area contributed by atoms with Crippen molar-refractivity contribution in [3.63, 3.8) is 0 Å². The molecule has 0 aliphatic carbocycles. The molecule has 3 heterocycles. The summed E-state index contributed by atoms with van der Waals surface area (Å²) in [5, 5.41) is 7.13. The largest absolute Gasteiger partial charge is 0.309 e. The molecule has 0 saturated heterocycles. The lowest BCUT2D eigenvalue weighted by molar-refractivity contribution is 0.593. The number of nitrogens with zero attached hydrogens (tertiary/aromatic N) is 2. The van der Waals surface area contributed by atoms with Gasteiger partial charge in [-0.05, 0) is 40.6 Å². The number of para-hydroxylation sites is 1.